The second-order valence-electron chi connectivity index (χ2n) is 7.13. The van der Waals surface area contributed by atoms with Crippen molar-refractivity contribution in [2.75, 3.05) is 5.32 Å². The first-order valence-electron chi connectivity index (χ1n) is 9.18. The van der Waals surface area contributed by atoms with Gasteiger partial charge in [0, 0.05) is 31.5 Å². The summed E-state index contributed by atoms with van der Waals surface area (Å²) >= 11 is 0. The Morgan fingerprint density at radius 3 is 2.24 bits per heavy atom. The molecule has 1 heterocycles. The van der Waals surface area contributed by atoms with Gasteiger partial charge in [0.1, 0.15) is 11.6 Å². The maximum atomic E-state index is 12.3. The number of aromatic nitrogens is 3. The molecule has 0 saturated carbocycles. The van der Waals surface area contributed by atoms with E-state index < -0.39 is 0 Å². The van der Waals surface area contributed by atoms with Gasteiger partial charge in [-0.25, -0.2) is 0 Å². The number of amides is 1. The van der Waals surface area contributed by atoms with Gasteiger partial charge in [0.2, 0.25) is 5.91 Å². The number of rotatable bonds is 8. The Labute approximate surface area is 150 Å². The van der Waals surface area contributed by atoms with Gasteiger partial charge in [-0.05, 0) is 56.4 Å². The fraction of sp³-hybridized carbons (Fsp3) is 0.550. The number of nitrogens with zero attached hydrogens (tertiary/aromatic N) is 3. The maximum Gasteiger partial charge on any atom is 0.224 e. The SMILES string of the molecule is CCn1c(CCC(=O)Nc2cc(C)cc(C)c2)nnc1CCC(C)C. The fourth-order valence-corrected chi connectivity index (χ4v) is 3.02. The molecule has 1 amide bonds. The summed E-state index contributed by atoms with van der Waals surface area (Å²) in [5.41, 5.74) is 3.16. The quantitative estimate of drug-likeness (QED) is 0.786. The predicted octanol–water partition coefficient (Wildman–Crippen LogP) is 4.07. The van der Waals surface area contributed by atoms with Crippen LogP contribution in [0.1, 0.15) is 56.4 Å². The third kappa shape index (κ3) is 5.69. The van der Waals surface area contributed by atoms with E-state index in [1.807, 2.05) is 26.0 Å². The molecule has 2 aromatic rings. The minimum atomic E-state index is 0.0133. The Kier molecular flexibility index (Phi) is 6.73. The molecule has 0 aliphatic heterocycles. The zero-order valence-corrected chi connectivity index (χ0v) is 16.1. The smallest absolute Gasteiger partial charge is 0.224 e. The summed E-state index contributed by atoms with van der Waals surface area (Å²) in [6.45, 7) is 11.4. The van der Waals surface area contributed by atoms with Gasteiger partial charge < -0.3 is 9.88 Å². The van der Waals surface area contributed by atoms with E-state index in [0.717, 1.165) is 47.8 Å². The minimum Gasteiger partial charge on any atom is -0.326 e. The number of carbonyl (C=O) groups excluding carboxylic acids is 1. The van der Waals surface area contributed by atoms with Crippen LogP contribution in [0.25, 0.3) is 0 Å². The number of anilines is 1. The second kappa shape index (κ2) is 8.79. The van der Waals surface area contributed by atoms with Gasteiger partial charge in [-0.1, -0.05) is 19.9 Å². The first kappa shape index (κ1) is 19.2. The lowest BCUT2D eigenvalue weighted by atomic mass is 10.1. The maximum absolute atomic E-state index is 12.3. The molecule has 25 heavy (non-hydrogen) atoms. The van der Waals surface area contributed by atoms with E-state index in [2.05, 4.69) is 46.9 Å². The van der Waals surface area contributed by atoms with E-state index >= 15 is 0 Å². The first-order chi connectivity index (χ1) is 11.9. The number of aryl methyl sites for hydroxylation is 4. The molecule has 0 bridgehead atoms. The van der Waals surface area contributed by atoms with Crippen molar-refractivity contribution in [3.8, 4) is 0 Å². The Balaban J connectivity index is 1.95. The largest absolute Gasteiger partial charge is 0.326 e. The van der Waals surface area contributed by atoms with Gasteiger partial charge in [-0.3, -0.25) is 4.79 Å². The summed E-state index contributed by atoms with van der Waals surface area (Å²) in [5, 5.41) is 11.6. The highest BCUT2D eigenvalue weighted by atomic mass is 16.1. The highest BCUT2D eigenvalue weighted by molar-refractivity contribution is 5.90. The standard InChI is InChI=1S/C20H30N4O/c1-6-24-18(8-7-14(2)3)22-23-19(24)9-10-20(25)21-17-12-15(4)11-16(5)13-17/h11-14H,6-10H2,1-5H3,(H,21,25). The first-order valence-corrected chi connectivity index (χ1v) is 9.18. The third-order valence-electron chi connectivity index (χ3n) is 4.25. The molecule has 0 spiro atoms. The molecule has 0 radical (unpaired) electrons. The summed E-state index contributed by atoms with van der Waals surface area (Å²) in [7, 11) is 0. The lowest BCUT2D eigenvalue weighted by molar-refractivity contribution is -0.116. The molecule has 1 N–H and O–H groups in total. The van der Waals surface area contributed by atoms with Crippen molar-refractivity contribution in [2.45, 2.75) is 66.8 Å². The second-order valence-corrected chi connectivity index (χ2v) is 7.13. The summed E-state index contributed by atoms with van der Waals surface area (Å²) in [4.78, 5) is 12.3. The molecule has 5 heteroatoms. The highest BCUT2D eigenvalue weighted by Gasteiger charge is 2.13. The number of hydrogen-bond acceptors (Lipinski definition) is 3. The topological polar surface area (TPSA) is 59.8 Å². The molecule has 2 rings (SSSR count). The fourth-order valence-electron chi connectivity index (χ4n) is 3.02. The van der Waals surface area contributed by atoms with Crippen molar-refractivity contribution in [2.24, 2.45) is 5.92 Å². The average molecular weight is 342 g/mol. The van der Waals surface area contributed by atoms with Crippen LogP contribution in [0.2, 0.25) is 0 Å². The van der Waals surface area contributed by atoms with Crippen LogP contribution in [0.5, 0.6) is 0 Å². The molecular weight excluding hydrogens is 312 g/mol. The normalized spacial score (nSPS) is 11.1. The monoisotopic (exact) mass is 342 g/mol. The zero-order valence-electron chi connectivity index (χ0n) is 16.1. The average Bonchev–Trinajstić information content (AvgIpc) is 2.91. The van der Waals surface area contributed by atoms with Crippen molar-refractivity contribution in [3.05, 3.63) is 41.0 Å². The summed E-state index contributed by atoms with van der Waals surface area (Å²) in [5.74, 6) is 2.59. The number of benzene rings is 1. The molecule has 5 nitrogen and oxygen atoms in total. The van der Waals surface area contributed by atoms with Crippen LogP contribution in [0.3, 0.4) is 0 Å². The summed E-state index contributed by atoms with van der Waals surface area (Å²) < 4.78 is 2.15. The molecule has 0 unspecified atom stereocenters. The van der Waals surface area contributed by atoms with Crippen molar-refractivity contribution in [3.63, 3.8) is 0 Å². The molecule has 0 aliphatic carbocycles. The van der Waals surface area contributed by atoms with Crippen LogP contribution in [0, 0.1) is 19.8 Å². The van der Waals surface area contributed by atoms with Crippen LogP contribution >= 0.6 is 0 Å². The van der Waals surface area contributed by atoms with Gasteiger partial charge >= 0.3 is 0 Å². The van der Waals surface area contributed by atoms with Crippen molar-refractivity contribution in [1.29, 1.82) is 0 Å². The molecule has 136 valence electrons. The molecule has 0 fully saturated rings. The molecule has 1 aromatic carbocycles. The highest BCUT2D eigenvalue weighted by Crippen LogP contribution is 2.15. The summed E-state index contributed by atoms with van der Waals surface area (Å²) in [6, 6.07) is 6.07. The Morgan fingerprint density at radius 1 is 1.08 bits per heavy atom. The number of hydrogen-bond donors (Lipinski definition) is 1. The number of carbonyl (C=O) groups is 1. The molecule has 1 aromatic heterocycles. The van der Waals surface area contributed by atoms with Crippen LogP contribution < -0.4 is 5.32 Å². The van der Waals surface area contributed by atoms with Crippen molar-refractivity contribution in [1.82, 2.24) is 14.8 Å². The Morgan fingerprint density at radius 2 is 1.68 bits per heavy atom. The van der Waals surface area contributed by atoms with Gasteiger partial charge in [0.05, 0.1) is 0 Å². The molecule has 0 atom stereocenters. The van der Waals surface area contributed by atoms with Crippen molar-refractivity contribution >= 4 is 11.6 Å². The van der Waals surface area contributed by atoms with E-state index in [-0.39, 0.29) is 5.91 Å². The summed E-state index contributed by atoms with van der Waals surface area (Å²) in [6.07, 6.45) is 3.06. The molecular formula is C20H30N4O. The predicted molar refractivity (Wildman–Crippen MR) is 102 cm³/mol. The van der Waals surface area contributed by atoms with Crippen LogP contribution in [0.15, 0.2) is 18.2 Å². The van der Waals surface area contributed by atoms with Gasteiger partial charge in [0.25, 0.3) is 0 Å². The van der Waals surface area contributed by atoms with E-state index in [0.29, 0.717) is 18.8 Å². The number of nitrogens with one attached hydrogen (secondary N) is 1. The molecule has 0 saturated heterocycles. The van der Waals surface area contributed by atoms with Gasteiger partial charge in [-0.2, -0.15) is 0 Å². The van der Waals surface area contributed by atoms with Gasteiger partial charge in [-0.15, -0.1) is 10.2 Å². The van der Waals surface area contributed by atoms with E-state index in [4.69, 9.17) is 0 Å². The Hall–Kier alpha value is -2.17. The zero-order chi connectivity index (χ0) is 18.4. The van der Waals surface area contributed by atoms with E-state index in [1.54, 1.807) is 0 Å². The van der Waals surface area contributed by atoms with Crippen LogP contribution in [-0.2, 0) is 24.2 Å². The van der Waals surface area contributed by atoms with Crippen LogP contribution in [-0.4, -0.2) is 20.7 Å². The molecule has 0 aliphatic rings. The lowest BCUT2D eigenvalue weighted by Gasteiger charge is -2.10. The van der Waals surface area contributed by atoms with Gasteiger partial charge in [0.15, 0.2) is 0 Å². The van der Waals surface area contributed by atoms with Crippen LogP contribution in [0.4, 0.5) is 5.69 Å². The van der Waals surface area contributed by atoms with E-state index in [1.165, 1.54) is 0 Å². The van der Waals surface area contributed by atoms with E-state index in [9.17, 15) is 4.79 Å². The lowest BCUT2D eigenvalue weighted by Crippen LogP contribution is -2.14. The van der Waals surface area contributed by atoms with Crippen molar-refractivity contribution < 1.29 is 4.79 Å². The third-order valence-corrected chi connectivity index (χ3v) is 4.25. The minimum absolute atomic E-state index is 0.0133. The Bertz CT molecular complexity index is 698.